The molecule has 0 fully saturated rings. The molecule has 0 N–H and O–H groups in total. The number of hydrogen-bond acceptors (Lipinski definition) is 4. The summed E-state index contributed by atoms with van der Waals surface area (Å²) in [7, 11) is 1.53. The minimum Gasteiger partial charge on any atom is -0.496 e. The highest BCUT2D eigenvalue weighted by molar-refractivity contribution is 5.99. The molecule has 0 aliphatic heterocycles. The molecule has 0 amide bonds. The van der Waals surface area contributed by atoms with Gasteiger partial charge in [0.25, 0.3) is 0 Å². The van der Waals surface area contributed by atoms with Gasteiger partial charge >= 0.3 is 0 Å². The van der Waals surface area contributed by atoms with Gasteiger partial charge in [-0.05, 0) is 25.5 Å². The van der Waals surface area contributed by atoms with E-state index in [1.807, 2.05) is 10.9 Å². The van der Waals surface area contributed by atoms with Crippen molar-refractivity contribution in [1.29, 1.82) is 0 Å². The summed E-state index contributed by atoms with van der Waals surface area (Å²) in [4.78, 5) is 11.8. The SMILES string of the molecule is CCCn1cc(Oc2cccc(OC)c2C(C)=O)cn1. The van der Waals surface area contributed by atoms with E-state index >= 15 is 0 Å². The molecule has 2 aromatic rings. The Morgan fingerprint density at radius 3 is 2.75 bits per heavy atom. The second-order valence-electron chi connectivity index (χ2n) is 4.43. The third-order valence-electron chi connectivity index (χ3n) is 2.85. The first-order valence-electron chi connectivity index (χ1n) is 6.54. The van der Waals surface area contributed by atoms with Crippen molar-refractivity contribution in [1.82, 2.24) is 9.78 Å². The summed E-state index contributed by atoms with van der Waals surface area (Å²) < 4.78 is 12.8. The maximum Gasteiger partial charge on any atom is 0.167 e. The Bertz CT molecular complexity index is 605. The Labute approximate surface area is 118 Å². The lowest BCUT2D eigenvalue weighted by Crippen LogP contribution is -2.00. The van der Waals surface area contributed by atoms with Crippen molar-refractivity contribution < 1.29 is 14.3 Å². The average molecular weight is 274 g/mol. The largest absolute Gasteiger partial charge is 0.496 e. The van der Waals surface area contributed by atoms with Crippen LogP contribution in [0.3, 0.4) is 0 Å². The van der Waals surface area contributed by atoms with Gasteiger partial charge in [-0.15, -0.1) is 0 Å². The fourth-order valence-electron chi connectivity index (χ4n) is 1.99. The van der Waals surface area contributed by atoms with Crippen molar-refractivity contribution in [3.8, 4) is 17.2 Å². The van der Waals surface area contributed by atoms with Crippen LogP contribution in [0.1, 0.15) is 30.6 Å². The van der Waals surface area contributed by atoms with Gasteiger partial charge in [0.15, 0.2) is 11.5 Å². The molecule has 5 nitrogen and oxygen atoms in total. The topological polar surface area (TPSA) is 53.4 Å². The average Bonchev–Trinajstić information content (AvgIpc) is 2.86. The lowest BCUT2D eigenvalue weighted by atomic mass is 10.1. The molecular formula is C15H18N2O3. The molecule has 1 heterocycles. The number of Topliss-reactive ketones (excluding diaryl/α,β-unsaturated/α-hetero) is 1. The van der Waals surface area contributed by atoms with Gasteiger partial charge in [-0.2, -0.15) is 5.10 Å². The van der Waals surface area contributed by atoms with E-state index < -0.39 is 0 Å². The van der Waals surface area contributed by atoms with Gasteiger partial charge in [-0.25, -0.2) is 0 Å². The Balaban J connectivity index is 2.30. The molecule has 1 aromatic heterocycles. The van der Waals surface area contributed by atoms with Crippen LogP contribution in [-0.2, 0) is 6.54 Å². The molecule has 0 saturated carbocycles. The molecule has 0 saturated heterocycles. The maximum absolute atomic E-state index is 11.8. The number of nitrogens with zero attached hydrogens (tertiary/aromatic N) is 2. The van der Waals surface area contributed by atoms with Crippen molar-refractivity contribution in [2.75, 3.05) is 7.11 Å². The number of benzene rings is 1. The van der Waals surface area contributed by atoms with Crippen LogP contribution < -0.4 is 9.47 Å². The Kier molecular flexibility index (Phi) is 4.40. The number of rotatable bonds is 6. The molecule has 5 heteroatoms. The van der Waals surface area contributed by atoms with Crippen molar-refractivity contribution >= 4 is 5.78 Å². The van der Waals surface area contributed by atoms with E-state index in [4.69, 9.17) is 9.47 Å². The van der Waals surface area contributed by atoms with Crippen LogP contribution in [0, 0.1) is 0 Å². The van der Waals surface area contributed by atoms with Crippen LogP contribution in [0.4, 0.5) is 0 Å². The summed E-state index contributed by atoms with van der Waals surface area (Å²) in [6.07, 6.45) is 4.45. The number of aryl methyl sites for hydroxylation is 1. The molecule has 0 bridgehead atoms. The van der Waals surface area contributed by atoms with Gasteiger partial charge in [0.1, 0.15) is 17.1 Å². The lowest BCUT2D eigenvalue weighted by molar-refractivity contribution is 0.101. The van der Waals surface area contributed by atoms with E-state index in [-0.39, 0.29) is 5.78 Å². The zero-order valence-electron chi connectivity index (χ0n) is 11.9. The first-order valence-corrected chi connectivity index (χ1v) is 6.54. The fraction of sp³-hybridized carbons (Fsp3) is 0.333. The van der Waals surface area contributed by atoms with Crippen molar-refractivity contribution in [3.63, 3.8) is 0 Å². The minimum absolute atomic E-state index is 0.0987. The van der Waals surface area contributed by atoms with E-state index in [1.54, 1.807) is 24.4 Å². The number of aromatic nitrogens is 2. The van der Waals surface area contributed by atoms with E-state index in [9.17, 15) is 4.79 Å². The summed E-state index contributed by atoms with van der Waals surface area (Å²) in [5.41, 5.74) is 0.443. The molecule has 1 aromatic carbocycles. The Morgan fingerprint density at radius 1 is 1.35 bits per heavy atom. The molecule has 106 valence electrons. The summed E-state index contributed by atoms with van der Waals surface area (Å²) in [6, 6.07) is 5.28. The summed E-state index contributed by atoms with van der Waals surface area (Å²) >= 11 is 0. The van der Waals surface area contributed by atoms with Crippen molar-refractivity contribution in [2.45, 2.75) is 26.8 Å². The third-order valence-corrected chi connectivity index (χ3v) is 2.85. The Morgan fingerprint density at radius 2 is 2.10 bits per heavy atom. The van der Waals surface area contributed by atoms with Crippen LogP contribution >= 0.6 is 0 Å². The lowest BCUT2D eigenvalue weighted by Gasteiger charge is -2.11. The van der Waals surface area contributed by atoms with Crippen molar-refractivity contribution in [3.05, 3.63) is 36.2 Å². The van der Waals surface area contributed by atoms with Gasteiger partial charge in [-0.1, -0.05) is 13.0 Å². The molecular weight excluding hydrogens is 256 g/mol. The smallest absolute Gasteiger partial charge is 0.167 e. The molecule has 0 radical (unpaired) electrons. The predicted molar refractivity (Wildman–Crippen MR) is 75.6 cm³/mol. The maximum atomic E-state index is 11.8. The van der Waals surface area contributed by atoms with E-state index in [1.165, 1.54) is 14.0 Å². The number of methoxy groups -OCH3 is 1. The molecule has 0 unspecified atom stereocenters. The summed E-state index contributed by atoms with van der Waals surface area (Å²) in [5, 5.41) is 4.19. The number of hydrogen-bond donors (Lipinski definition) is 0. The number of ether oxygens (including phenoxy) is 2. The second kappa shape index (κ2) is 6.23. The van der Waals surface area contributed by atoms with Crippen LogP contribution in [-0.4, -0.2) is 22.7 Å². The second-order valence-corrected chi connectivity index (χ2v) is 4.43. The predicted octanol–water partition coefficient (Wildman–Crippen LogP) is 3.30. The molecule has 0 atom stereocenters. The van der Waals surface area contributed by atoms with Gasteiger partial charge in [0.05, 0.1) is 19.5 Å². The quantitative estimate of drug-likeness (QED) is 0.758. The van der Waals surface area contributed by atoms with Crippen LogP contribution in [0.25, 0.3) is 0 Å². The van der Waals surface area contributed by atoms with Crippen LogP contribution in [0.2, 0.25) is 0 Å². The highest BCUT2D eigenvalue weighted by atomic mass is 16.5. The summed E-state index contributed by atoms with van der Waals surface area (Å²) in [6.45, 7) is 4.41. The molecule has 0 aliphatic rings. The van der Waals surface area contributed by atoms with Gasteiger partial charge in [0, 0.05) is 6.54 Å². The fourth-order valence-corrected chi connectivity index (χ4v) is 1.99. The number of carbonyl (C=O) groups is 1. The number of ketones is 1. The molecule has 0 spiro atoms. The van der Waals surface area contributed by atoms with E-state index in [0.29, 0.717) is 22.8 Å². The van der Waals surface area contributed by atoms with Gasteiger partial charge in [0.2, 0.25) is 0 Å². The first kappa shape index (κ1) is 14.1. The zero-order chi connectivity index (χ0) is 14.5. The van der Waals surface area contributed by atoms with Crippen molar-refractivity contribution in [2.24, 2.45) is 0 Å². The normalized spacial score (nSPS) is 10.3. The zero-order valence-corrected chi connectivity index (χ0v) is 11.9. The van der Waals surface area contributed by atoms with Gasteiger partial charge in [-0.3, -0.25) is 9.48 Å². The highest BCUT2D eigenvalue weighted by Crippen LogP contribution is 2.32. The first-order chi connectivity index (χ1) is 9.65. The molecule has 20 heavy (non-hydrogen) atoms. The summed E-state index contributed by atoms with van der Waals surface area (Å²) in [5.74, 6) is 1.50. The van der Waals surface area contributed by atoms with Crippen LogP contribution in [0.15, 0.2) is 30.6 Å². The minimum atomic E-state index is -0.0987. The van der Waals surface area contributed by atoms with E-state index in [2.05, 4.69) is 12.0 Å². The van der Waals surface area contributed by atoms with Gasteiger partial charge < -0.3 is 9.47 Å². The molecule has 2 rings (SSSR count). The highest BCUT2D eigenvalue weighted by Gasteiger charge is 2.15. The Hall–Kier alpha value is -2.30. The van der Waals surface area contributed by atoms with E-state index in [0.717, 1.165) is 13.0 Å². The molecule has 0 aliphatic carbocycles. The number of carbonyl (C=O) groups excluding carboxylic acids is 1. The standard InChI is InChI=1S/C15H18N2O3/c1-4-8-17-10-12(9-16-17)20-14-7-5-6-13(19-3)15(14)11(2)18/h5-7,9-10H,4,8H2,1-3H3. The monoisotopic (exact) mass is 274 g/mol. The van der Waals surface area contributed by atoms with Crippen LogP contribution in [0.5, 0.6) is 17.2 Å². The third kappa shape index (κ3) is 2.99.